The van der Waals surface area contributed by atoms with Crippen molar-refractivity contribution in [3.8, 4) is 6.07 Å². The van der Waals surface area contributed by atoms with E-state index in [0.29, 0.717) is 23.8 Å². The van der Waals surface area contributed by atoms with Gasteiger partial charge in [0.1, 0.15) is 23.3 Å². The minimum absolute atomic E-state index is 0.480. The molecule has 0 saturated carbocycles. The Morgan fingerprint density at radius 2 is 2.29 bits per heavy atom. The van der Waals surface area contributed by atoms with Crippen LogP contribution < -0.4 is 4.90 Å². The Kier molecular flexibility index (Phi) is 3.30. The van der Waals surface area contributed by atoms with Crippen molar-refractivity contribution in [2.24, 2.45) is 0 Å². The largest absolute Gasteiger partial charge is 0.353 e. The zero-order chi connectivity index (χ0) is 12.3. The highest BCUT2D eigenvalue weighted by Crippen LogP contribution is 2.17. The van der Waals surface area contributed by atoms with Crippen LogP contribution in [0.4, 0.5) is 5.82 Å². The maximum atomic E-state index is 9.01. The van der Waals surface area contributed by atoms with E-state index in [9.17, 15) is 0 Å². The summed E-state index contributed by atoms with van der Waals surface area (Å²) in [4.78, 5) is 14.4. The first-order chi connectivity index (χ1) is 8.20. The summed E-state index contributed by atoms with van der Waals surface area (Å²) >= 11 is 1.55. The minimum atomic E-state index is 0.480. The topological polar surface area (TPSA) is 65.7 Å². The summed E-state index contributed by atoms with van der Waals surface area (Å²) in [6.45, 7) is 2.44. The van der Waals surface area contributed by atoms with Crippen molar-refractivity contribution >= 4 is 17.2 Å². The van der Waals surface area contributed by atoms with Gasteiger partial charge in [0.2, 0.25) is 0 Å². The Hall–Kier alpha value is -2.00. The molecule has 0 aliphatic carbocycles. The van der Waals surface area contributed by atoms with Gasteiger partial charge in [0, 0.05) is 12.4 Å². The zero-order valence-electron chi connectivity index (χ0n) is 9.58. The van der Waals surface area contributed by atoms with Crippen molar-refractivity contribution in [3.63, 3.8) is 0 Å². The lowest BCUT2D eigenvalue weighted by Gasteiger charge is -2.18. The third-order valence-corrected chi connectivity index (χ3v) is 2.89. The highest BCUT2D eigenvalue weighted by atomic mass is 32.1. The van der Waals surface area contributed by atoms with Crippen molar-refractivity contribution in [3.05, 3.63) is 34.2 Å². The van der Waals surface area contributed by atoms with Crippen molar-refractivity contribution < 1.29 is 0 Å². The van der Waals surface area contributed by atoms with E-state index in [1.807, 2.05) is 17.3 Å². The molecule has 0 bridgehead atoms. The van der Waals surface area contributed by atoms with Crippen LogP contribution in [-0.2, 0) is 6.54 Å². The highest BCUT2D eigenvalue weighted by Gasteiger charge is 2.11. The van der Waals surface area contributed by atoms with Crippen molar-refractivity contribution in [1.29, 1.82) is 5.26 Å². The minimum Gasteiger partial charge on any atom is -0.353 e. The Morgan fingerprint density at radius 3 is 2.94 bits per heavy atom. The Labute approximate surface area is 103 Å². The van der Waals surface area contributed by atoms with Gasteiger partial charge in [-0.25, -0.2) is 15.0 Å². The molecule has 86 valence electrons. The lowest BCUT2D eigenvalue weighted by atomic mass is 10.3. The molecular weight excluding hydrogens is 234 g/mol. The summed E-state index contributed by atoms with van der Waals surface area (Å²) < 4.78 is 0. The smallest absolute Gasteiger partial charge is 0.150 e. The third kappa shape index (κ3) is 2.57. The summed E-state index contributed by atoms with van der Waals surface area (Å²) in [5, 5.41) is 11.0. The number of nitriles is 1. The van der Waals surface area contributed by atoms with Crippen molar-refractivity contribution in [2.75, 3.05) is 11.9 Å². The van der Waals surface area contributed by atoms with E-state index in [-0.39, 0.29) is 0 Å². The molecular formula is C11H11N5S. The molecule has 17 heavy (non-hydrogen) atoms. The van der Waals surface area contributed by atoms with E-state index in [1.54, 1.807) is 30.0 Å². The zero-order valence-corrected chi connectivity index (χ0v) is 10.4. The molecule has 2 heterocycles. The van der Waals surface area contributed by atoms with Crippen LogP contribution in [0.5, 0.6) is 0 Å². The van der Waals surface area contributed by atoms with Crippen LogP contribution in [0.1, 0.15) is 17.1 Å². The monoisotopic (exact) mass is 245 g/mol. The molecule has 0 N–H and O–H groups in total. The standard InChI is InChI=1S/C11H11N5S/c1-8-13-4-9(3-12)11(15-8)16(2)5-10-6-17-7-14-10/h4,6-7H,5H2,1-2H3. The molecule has 0 aliphatic heterocycles. The lowest BCUT2D eigenvalue weighted by Crippen LogP contribution is -2.19. The first kappa shape index (κ1) is 11.5. The molecule has 2 rings (SSSR count). The van der Waals surface area contributed by atoms with E-state index >= 15 is 0 Å². The number of nitrogens with zero attached hydrogens (tertiary/aromatic N) is 5. The number of aromatic nitrogens is 3. The van der Waals surface area contributed by atoms with Crippen LogP contribution in [0.25, 0.3) is 0 Å². The fourth-order valence-electron chi connectivity index (χ4n) is 1.46. The molecule has 0 atom stereocenters. The number of aryl methyl sites for hydroxylation is 1. The number of anilines is 1. The van der Waals surface area contributed by atoms with Gasteiger partial charge in [-0.15, -0.1) is 11.3 Å². The van der Waals surface area contributed by atoms with Crippen molar-refractivity contribution in [1.82, 2.24) is 15.0 Å². The second-order valence-electron chi connectivity index (χ2n) is 3.60. The predicted molar refractivity (Wildman–Crippen MR) is 65.7 cm³/mol. The summed E-state index contributed by atoms with van der Waals surface area (Å²) in [5.41, 5.74) is 3.24. The average molecular weight is 245 g/mol. The van der Waals surface area contributed by atoms with E-state index in [2.05, 4.69) is 21.0 Å². The SMILES string of the molecule is Cc1ncc(C#N)c(N(C)Cc2cscn2)n1. The van der Waals surface area contributed by atoms with Crippen molar-refractivity contribution in [2.45, 2.75) is 13.5 Å². The number of hydrogen-bond donors (Lipinski definition) is 0. The van der Waals surface area contributed by atoms with E-state index in [0.717, 1.165) is 5.69 Å². The summed E-state index contributed by atoms with van der Waals surface area (Å²) in [6.07, 6.45) is 1.55. The van der Waals surface area contributed by atoms with Gasteiger partial charge in [0.05, 0.1) is 23.9 Å². The fourth-order valence-corrected chi connectivity index (χ4v) is 2.01. The van der Waals surface area contributed by atoms with Gasteiger partial charge >= 0.3 is 0 Å². The predicted octanol–water partition coefficient (Wildman–Crippen LogP) is 1.75. The van der Waals surface area contributed by atoms with E-state index < -0.39 is 0 Å². The van der Waals surface area contributed by atoms with Gasteiger partial charge < -0.3 is 4.90 Å². The average Bonchev–Trinajstić information content (AvgIpc) is 2.81. The van der Waals surface area contributed by atoms with Crippen LogP contribution in [0, 0.1) is 18.3 Å². The van der Waals surface area contributed by atoms with Gasteiger partial charge in [0.15, 0.2) is 0 Å². The molecule has 0 aliphatic rings. The lowest BCUT2D eigenvalue weighted by molar-refractivity contribution is 0.856. The van der Waals surface area contributed by atoms with Crippen LogP contribution in [0.2, 0.25) is 0 Å². The molecule has 2 aromatic rings. The van der Waals surface area contributed by atoms with Crippen LogP contribution in [-0.4, -0.2) is 22.0 Å². The first-order valence-corrected chi connectivity index (χ1v) is 5.97. The van der Waals surface area contributed by atoms with Gasteiger partial charge in [-0.3, -0.25) is 0 Å². The fraction of sp³-hybridized carbons (Fsp3) is 0.273. The van der Waals surface area contributed by atoms with Crippen LogP contribution >= 0.6 is 11.3 Å². The maximum Gasteiger partial charge on any atom is 0.150 e. The highest BCUT2D eigenvalue weighted by molar-refractivity contribution is 7.07. The third-order valence-electron chi connectivity index (χ3n) is 2.25. The molecule has 0 spiro atoms. The molecule has 0 saturated heterocycles. The second-order valence-corrected chi connectivity index (χ2v) is 4.32. The molecule has 0 amide bonds. The van der Waals surface area contributed by atoms with Crippen LogP contribution in [0.3, 0.4) is 0 Å². The molecule has 0 unspecified atom stereocenters. The second kappa shape index (κ2) is 4.89. The number of rotatable bonds is 3. The molecule has 0 radical (unpaired) electrons. The first-order valence-electron chi connectivity index (χ1n) is 5.02. The van der Waals surface area contributed by atoms with E-state index in [1.165, 1.54) is 0 Å². The number of hydrogen-bond acceptors (Lipinski definition) is 6. The Balaban J connectivity index is 2.27. The quantitative estimate of drug-likeness (QED) is 0.824. The molecule has 5 nitrogen and oxygen atoms in total. The van der Waals surface area contributed by atoms with Gasteiger partial charge in [-0.2, -0.15) is 5.26 Å². The van der Waals surface area contributed by atoms with E-state index in [4.69, 9.17) is 5.26 Å². The summed E-state index contributed by atoms with van der Waals surface area (Å²) in [5.74, 6) is 1.30. The van der Waals surface area contributed by atoms with Crippen LogP contribution in [0.15, 0.2) is 17.1 Å². The number of thiazole rings is 1. The summed E-state index contributed by atoms with van der Waals surface area (Å²) in [6, 6.07) is 2.10. The Morgan fingerprint density at radius 1 is 1.47 bits per heavy atom. The Bertz CT molecular complexity index is 543. The van der Waals surface area contributed by atoms with Gasteiger partial charge in [-0.05, 0) is 6.92 Å². The molecule has 0 aromatic carbocycles. The summed E-state index contributed by atoms with van der Waals surface area (Å²) in [7, 11) is 1.89. The molecule has 2 aromatic heterocycles. The normalized spacial score (nSPS) is 9.94. The van der Waals surface area contributed by atoms with Gasteiger partial charge in [0.25, 0.3) is 0 Å². The molecule has 6 heteroatoms. The molecule has 0 fully saturated rings. The van der Waals surface area contributed by atoms with Gasteiger partial charge in [-0.1, -0.05) is 0 Å². The maximum absolute atomic E-state index is 9.01.